The van der Waals surface area contributed by atoms with Crippen LogP contribution in [0.1, 0.15) is 38.3 Å². The highest BCUT2D eigenvalue weighted by Crippen LogP contribution is 2.26. The number of nitrogens with zero attached hydrogens (tertiary/aromatic N) is 2. The van der Waals surface area contributed by atoms with Crippen molar-refractivity contribution in [3.05, 3.63) is 64.4 Å². The summed E-state index contributed by atoms with van der Waals surface area (Å²) in [5, 5.41) is 6.88. The Morgan fingerprint density at radius 1 is 1.24 bits per heavy atom. The molecular formula is C23H26N4O2. The van der Waals surface area contributed by atoms with Gasteiger partial charge in [-0.3, -0.25) is 14.2 Å². The first kappa shape index (κ1) is 19.3. The zero-order valence-corrected chi connectivity index (χ0v) is 16.8. The minimum absolute atomic E-state index is 0.00633. The Morgan fingerprint density at radius 3 is 2.72 bits per heavy atom. The van der Waals surface area contributed by atoms with Crippen LogP contribution in [0.2, 0.25) is 0 Å². The summed E-state index contributed by atoms with van der Waals surface area (Å²) in [6.45, 7) is 4.74. The summed E-state index contributed by atoms with van der Waals surface area (Å²) >= 11 is 0. The number of fused-ring (bicyclic) bond motifs is 1. The lowest BCUT2D eigenvalue weighted by molar-refractivity contribution is -0.122. The maximum atomic E-state index is 13.4. The Bertz CT molecular complexity index is 1080. The molecule has 0 saturated carbocycles. The lowest BCUT2D eigenvalue weighted by atomic mass is 10.0. The van der Waals surface area contributed by atoms with E-state index < -0.39 is 0 Å². The normalized spacial score (nSPS) is 16.4. The van der Waals surface area contributed by atoms with Gasteiger partial charge in [0.15, 0.2) is 0 Å². The van der Waals surface area contributed by atoms with E-state index in [1.54, 1.807) is 0 Å². The predicted molar refractivity (Wildman–Crippen MR) is 115 cm³/mol. The molecule has 1 atom stereocenters. The monoisotopic (exact) mass is 390 g/mol. The lowest BCUT2D eigenvalue weighted by Crippen LogP contribution is -2.37. The van der Waals surface area contributed by atoms with Crippen LogP contribution in [0, 0.1) is 0 Å². The number of hydrogen-bond acceptors (Lipinski definition) is 4. The summed E-state index contributed by atoms with van der Waals surface area (Å²) in [5.74, 6) is 0.308. The predicted octanol–water partition coefficient (Wildman–Crippen LogP) is 3.01. The van der Waals surface area contributed by atoms with Crippen molar-refractivity contribution < 1.29 is 4.79 Å². The Kier molecular flexibility index (Phi) is 5.45. The number of amides is 1. The fraction of sp³-hybridized carbons (Fsp3) is 0.348. The van der Waals surface area contributed by atoms with E-state index in [0.29, 0.717) is 16.7 Å². The number of carbonyl (C=O) groups excluding carboxylic acids is 1. The van der Waals surface area contributed by atoms with Gasteiger partial charge in [-0.1, -0.05) is 36.4 Å². The number of hydrogen-bond donors (Lipinski definition) is 2. The molecule has 1 aromatic heterocycles. The van der Waals surface area contributed by atoms with Crippen molar-refractivity contribution in [3.8, 4) is 11.4 Å². The quantitative estimate of drug-likeness (QED) is 0.702. The van der Waals surface area contributed by atoms with Gasteiger partial charge in [-0.25, -0.2) is 4.98 Å². The van der Waals surface area contributed by atoms with Crippen molar-refractivity contribution in [2.45, 2.75) is 45.3 Å². The molecule has 3 aromatic rings. The molecule has 1 aliphatic heterocycles. The van der Waals surface area contributed by atoms with Gasteiger partial charge >= 0.3 is 0 Å². The van der Waals surface area contributed by atoms with Crippen LogP contribution in [0.15, 0.2) is 53.3 Å². The van der Waals surface area contributed by atoms with Crippen LogP contribution < -0.4 is 16.2 Å². The Labute approximate surface area is 170 Å². The molecule has 0 spiro atoms. The summed E-state index contributed by atoms with van der Waals surface area (Å²) < 4.78 is 1.49. The third kappa shape index (κ3) is 4.07. The SMILES string of the molecule is CC(C)NC(=O)Cn1c(-c2ccccc2)nc2ccc(C3CCCN3)cc2c1=O. The maximum absolute atomic E-state index is 13.4. The standard InChI is InChI=1S/C23H26N4O2/c1-15(2)25-21(28)14-27-22(16-7-4-3-5-8-16)26-20-11-10-17(13-18(20)23(27)29)19-9-6-12-24-19/h3-5,7-8,10-11,13,15,19,24H,6,9,12,14H2,1-2H3,(H,25,28). The smallest absolute Gasteiger partial charge is 0.262 e. The van der Waals surface area contributed by atoms with Crippen molar-refractivity contribution in [3.63, 3.8) is 0 Å². The first-order valence-electron chi connectivity index (χ1n) is 10.2. The number of aromatic nitrogens is 2. The van der Waals surface area contributed by atoms with Crippen LogP contribution in [-0.4, -0.2) is 28.0 Å². The summed E-state index contributed by atoms with van der Waals surface area (Å²) in [5.41, 5.74) is 2.37. The second-order valence-electron chi connectivity index (χ2n) is 7.84. The van der Waals surface area contributed by atoms with E-state index in [4.69, 9.17) is 4.98 Å². The van der Waals surface area contributed by atoms with Crippen LogP contribution in [0.4, 0.5) is 0 Å². The average molecular weight is 390 g/mol. The number of nitrogens with one attached hydrogen (secondary N) is 2. The molecule has 0 aliphatic carbocycles. The van der Waals surface area contributed by atoms with Crippen LogP contribution in [-0.2, 0) is 11.3 Å². The minimum Gasteiger partial charge on any atom is -0.352 e. The van der Waals surface area contributed by atoms with Crippen molar-refractivity contribution >= 4 is 16.8 Å². The average Bonchev–Trinajstić information content (AvgIpc) is 3.25. The fourth-order valence-corrected chi connectivity index (χ4v) is 3.89. The first-order valence-corrected chi connectivity index (χ1v) is 10.2. The number of rotatable bonds is 5. The molecule has 0 bridgehead atoms. The molecule has 150 valence electrons. The highest BCUT2D eigenvalue weighted by molar-refractivity contribution is 5.82. The molecule has 6 nitrogen and oxygen atoms in total. The van der Waals surface area contributed by atoms with Gasteiger partial charge in [0, 0.05) is 17.6 Å². The molecule has 1 amide bonds. The van der Waals surface area contributed by atoms with E-state index in [1.165, 1.54) is 4.57 Å². The Hall–Kier alpha value is -2.99. The molecule has 2 N–H and O–H groups in total. The van der Waals surface area contributed by atoms with E-state index >= 15 is 0 Å². The van der Waals surface area contributed by atoms with E-state index in [-0.39, 0.29) is 30.1 Å². The number of carbonyl (C=O) groups is 1. The first-order chi connectivity index (χ1) is 14.0. The van der Waals surface area contributed by atoms with Gasteiger partial charge in [0.2, 0.25) is 5.91 Å². The van der Waals surface area contributed by atoms with Gasteiger partial charge in [-0.2, -0.15) is 0 Å². The zero-order chi connectivity index (χ0) is 20.4. The topological polar surface area (TPSA) is 76.0 Å². The molecule has 1 aliphatic rings. The second kappa shape index (κ2) is 8.17. The van der Waals surface area contributed by atoms with E-state index in [9.17, 15) is 9.59 Å². The molecule has 6 heteroatoms. The highest BCUT2D eigenvalue weighted by atomic mass is 16.2. The molecule has 2 aromatic carbocycles. The molecular weight excluding hydrogens is 364 g/mol. The van der Waals surface area contributed by atoms with Gasteiger partial charge in [-0.05, 0) is 50.9 Å². The molecule has 1 fully saturated rings. The van der Waals surface area contributed by atoms with Crippen molar-refractivity contribution in [1.82, 2.24) is 20.2 Å². The Morgan fingerprint density at radius 2 is 2.03 bits per heavy atom. The molecule has 2 heterocycles. The number of benzene rings is 2. The molecule has 1 unspecified atom stereocenters. The molecule has 1 saturated heterocycles. The van der Waals surface area contributed by atoms with E-state index in [1.807, 2.05) is 62.4 Å². The van der Waals surface area contributed by atoms with Crippen LogP contribution in [0.3, 0.4) is 0 Å². The fourth-order valence-electron chi connectivity index (χ4n) is 3.89. The molecule has 0 radical (unpaired) electrons. The van der Waals surface area contributed by atoms with Crippen LogP contribution in [0.25, 0.3) is 22.3 Å². The van der Waals surface area contributed by atoms with Crippen molar-refractivity contribution in [2.75, 3.05) is 6.54 Å². The van der Waals surface area contributed by atoms with Crippen molar-refractivity contribution in [2.24, 2.45) is 0 Å². The lowest BCUT2D eigenvalue weighted by Gasteiger charge is -2.16. The minimum atomic E-state index is -0.200. The van der Waals surface area contributed by atoms with Crippen LogP contribution in [0.5, 0.6) is 0 Å². The summed E-state index contributed by atoms with van der Waals surface area (Å²) in [7, 11) is 0. The summed E-state index contributed by atoms with van der Waals surface area (Å²) in [6.07, 6.45) is 2.19. The van der Waals surface area contributed by atoms with Gasteiger partial charge < -0.3 is 10.6 Å². The van der Waals surface area contributed by atoms with Gasteiger partial charge in [-0.15, -0.1) is 0 Å². The van der Waals surface area contributed by atoms with Gasteiger partial charge in [0.1, 0.15) is 12.4 Å². The highest BCUT2D eigenvalue weighted by Gasteiger charge is 2.19. The molecule has 29 heavy (non-hydrogen) atoms. The van der Waals surface area contributed by atoms with Gasteiger partial charge in [0.05, 0.1) is 10.9 Å². The van der Waals surface area contributed by atoms with Crippen LogP contribution >= 0.6 is 0 Å². The summed E-state index contributed by atoms with van der Waals surface area (Å²) in [6, 6.07) is 15.7. The third-order valence-corrected chi connectivity index (χ3v) is 5.22. The zero-order valence-electron chi connectivity index (χ0n) is 16.8. The summed E-state index contributed by atoms with van der Waals surface area (Å²) in [4.78, 5) is 30.7. The second-order valence-corrected chi connectivity index (χ2v) is 7.84. The largest absolute Gasteiger partial charge is 0.352 e. The Balaban J connectivity index is 1.86. The third-order valence-electron chi connectivity index (χ3n) is 5.22. The van der Waals surface area contributed by atoms with E-state index in [2.05, 4.69) is 10.6 Å². The maximum Gasteiger partial charge on any atom is 0.262 e. The molecule has 4 rings (SSSR count). The van der Waals surface area contributed by atoms with E-state index in [0.717, 1.165) is 30.5 Å². The van der Waals surface area contributed by atoms with Crippen molar-refractivity contribution in [1.29, 1.82) is 0 Å². The van der Waals surface area contributed by atoms with Gasteiger partial charge in [0.25, 0.3) is 5.56 Å².